The maximum atomic E-state index is 13.5. The average Bonchev–Trinajstić information content (AvgIpc) is 3.25. The van der Waals surface area contributed by atoms with E-state index in [0.29, 0.717) is 38.3 Å². The highest BCUT2D eigenvalue weighted by atomic mass is 35.5. The lowest BCUT2D eigenvalue weighted by atomic mass is 10.2. The van der Waals surface area contributed by atoms with Gasteiger partial charge in [-0.1, -0.05) is 41.9 Å². The zero-order chi connectivity index (χ0) is 25.2. The highest BCUT2D eigenvalue weighted by Gasteiger charge is 2.23. The predicted molar refractivity (Wildman–Crippen MR) is 138 cm³/mol. The van der Waals surface area contributed by atoms with E-state index in [4.69, 9.17) is 16.3 Å². The molecular formula is C26H29ClFN3O3S. The number of methoxy groups -OCH3 is 1. The fourth-order valence-corrected chi connectivity index (χ4v) is 4.57. The number of carbonyl (C=O) groups excluding carboxylic acids is 2. The molecule has 0 atom stereocenters. The second-order valence-electron chi connectivity index (χ2n) is 8.09. The van der Waals surface area contributed by atoms with E-state index in [1.807, 2.05) is 48.7 Å². The molecule has 0 radical (unpaired) electrons. The number of thiophene rings is 1. The summed E-state index contributed by atoms with van der Waals surface area (Å²) >= 11 is 7.45. The van der Waals surface area contributed by atoms with E-state index in [-0.39, 0.29) is 17.5 Å². The number of amides is 3. The number of halogens is 2. The van der Waals surface area contributed by atoms with Crippen LogP contribution in [0.1, 0.15) is 22.4 Å². The topological polar surface area (TPSA) is 61.9 Å². The average molecular weight is 518 g/mol. The summed E-state index contributed by atoms with van der Waals surface area (Å²) in [6.45, 7) is 3.56. The first-order valence-corrected chi connectivity index (χ1v) is 12.5. The summed E-state index contributed by atoms with van der Waals surface area (Å²) in [6, 6.07) is 15.3. The number of aryl methyl sites for hydroxylation is 1. The molecule has 0 bridgehead atoms. The Labute approximate surface area is 214 Å². The van der Waals surface area contributed by atoms with E-state index in [1.54, 1.807) is 23.3 Å². The van der Waals surface area contributed by atoms with Gasteiger partial charge in [-0.3, -0.25) is 4.79 Å². The van der Waals surface area contributed by atoms with Crippen LogP contribution in [0, 0.1) is 12.7 Å². The highest BCUT2D eigenvalue weighted by Crippen LogP contribution is 2.21. The van der Waals surface area contributed by atoms with Gasteiger partial charge in [-0.05, 0) is 54.1 Å². The van der Waals surface area contributed by atoms with Crippen LogP contribution in [-0.2, 0) is 22.6 Å². The molecule has 0 saturated carbocycles. The van der Waals surface area contributed by atoms with Crippen LogP contribution in [0.2, 0.25) is 5.02 Å². The lowest BCUT2D eigenvalue weighted by molar-refractivity contribution is -0.133. The number of urea groups is 1. The van der Waals surface area contributed by atoms with E-state index in [0.717, 1.165) is 16.0 Å². The van der Waals surface area contributed by atoms with Crippen LogP contribution < -0.4 is 5.32 Å². The molecule has 0 saturated heterocycles. The zero-order valence-electron chi connectivity index (χ0n) is 19.8. The van der Waals surface area contributed by atoms with Gasteiger partial charge in [0.15, 0.2) is 0 Å². The van der Waals surface area contributed by atoms with Gasteiger partial charge in [0.1, 0.15) is 12.4 Å². The highest BCUT2D eigenvalue weighted by molar-refractivity contribution is 7.10. The molecular weight excluding hydrogens is 489 g/mol. The molecule has 2 aromatic carbocycles. The largest absolute Gasteiger partial charge is 0.385 e. The molecule has 1 aromatic heterocycles. The van der Waals surface area contributed by atoms with E-state index in [2.05, 4.69) is 5.32 Å². The van der Waals surface area contributed by atoms with Crippen LogP contribution in [0.3, 0.4) is 0 Å². The Morgan fingerprint density at radius 3 is 2.51 bits per heavy atom. The molecule has 0 aliphatic rings. The maximum absolute atomic E-state index is 13.5. The van der Waals surface area contributed by atoms with Crippen molar-refractivity contribution in [1.82, 2.24) is 9.80 Å². The predicted octanol–water partition coefficient (Wildman–Crippen LogP) is 5.95. The van der Waals surface area contributed by atoms with Gasteiger partial charge in [-0.25, -0.2) is 9.18 Å². The van der Waals surface area contributed by atoms with Crippen molar-refractivity contribution >= 4 is 40.6 Å². The minimum Gasteiger partial charge on any atom is -0.385 e. The normalized spacial score (nSPS) is 10.7. The lowest BCUT2D eigenvalue weighted by Crippen LogP contribution is -2.44. The number of hydrogen-bond acceptors (Lipinski definition) is 4. The number of ether oxygens (including phenoxy) is 1. The maximum Gasteiger partial charge on any atom is 0.322 e. The SMILES string of the molecule is COCCCN(CC(=O)N(Cc1ccccc1)Cc1sccc1C)C(=O)Nc1ccc(F)c(Cl)c1. The van der Waals surface area contributed by atoms with E-state index in [1.165, 1.54) is 23.1 Å². The third-order valence-corrected chi connectivity index (χ3v) is 6.73. The molecule has 3 rings (SSSR count). The fraction of sp³-hybridized carbons (Fsp3) is 0.308. The Bertz CT molecular complexity index is 1130. The minimum absolute atomic E-state index is 0.0924. The molecule has 1 N–H and O–H groups in total. The van der Waals surface area contributed by atoms with Crippen molar-refractivity contribution in [2.45, 2.75) is 26.4 Å². The number of nitrogens with one attached hydrogen (secondary N) is 1. The molecule has 35 heavy (non-hydrogen) atoms. The van der Waals surface area contributed by atoms with Gasteiger partial charge in [-0.15, -0.1) is 11.3 Å². The molecule has 0 fully saturated rings. The first-order chi connectivity index (χ1) is 16.9. The molecule has 0 spiro atoms. The van der Waals surface area contributed by atoms with Crippen LogP contribution in [0.25, 0.3) is 0 Å². The van der Waals surface area contributed by atoms with Gasteiger partial charge >= 0.3 is 6.03 Å². The lowest BCUT2D eigenvalue weighted by Gasteiger charge is -2.28. The van der Waals surface area contributed by atoms with Crippen LogP contribution >= 0.6 is 22.9 Å². The second kappa shape index (κ2) is 13.2. The van der Waals surface area contributed by atoms with Gasteiger partial charge in [-0.2, -0.15) is 0 Å². The zero-order valence-corrected chi connectivity index (χ0v) is 21.4. The Kier molecular flexibility index (Phi) is 10.1. The van der Waals surface area contributed by atoms with Crippen molar-refractivity contribution in [3.63, 3.8) is 0 Å². The number of hydrogen-bond donors (Lipinski definition) is 1. The molecule has 6 nitrogen and oxygen atoms in total. The molecule has 0 aliphatic heterocycles. The Hall–Kier alpha value is -2.94. The summed E-state index contributed by atoms with van der Waals surface area (Å²) in [4.78, 5) is 30.9. The number of nitrogens with zero attached hydrogens (tertiary/aromatic N) is 2. The quantitative estimate of drug-likeness (QED) is 0.320. The van der Waals surface area contributed by atoms with Gasteiger partial charge in [0.25, 0.3) is 0 Å². The summed E-state index contributed by atoms with van der Waals surface area (Å²) < 4.78 is 18.6. The van der Waals surface area contributed by atoms with Gasteiger partial charge in [0.05, 0.1) is 11.6 Å². The van der Waals surface area contributed by atoms with Gasteiger partial charge in [0.2, 0.25) is 5.91 Å². The first-order valence-electron chi connectivity index (χ1n) is 11.2. The number of benzene rings is 2. The Balaban J connectivity index is 1.77. The van der Waals surface area contributed by atoms with Crippen molar-refractivity contribution in [3.05, 3.63) is 86.8 Å². The smallest absolute Gasteiger partial charge is 0.322 e. The van der Waals surface area contributed by atoms with Crippen LogP contribution in [-0.4, -0.2) is 48.5 Å². The van der Waals surface area contributed by atoms with Crippen molar-refractivity contribution in [2.75, 3.05) is 32.1 Å². The van der Waals surface area contributed by atoms with Crippen LogP contribution in [0.4, 0.5) is 14.9 Å². The van der Waals surface area contributed by atoms with E-state index >= 15 is 0 Å². The Morgan fingerprint density at radius 2 is 1.86 bits per heavy atom. The molecule has 0 unspecified atom stereocenters. The summed E-state index contributed by atoms with van der Waals surface area (Å²) in [6.07, 6.45) is 0.560. The number of anilines is 1. The van der Waals surface area contributed by atoms with Crippen molar-refractivity contribution in [1.29, 1.82) is 0 Å². The third kappa shape index (κ3) is 8.06. The Morgan fingerprint density at radius 1 is 1.09 bits per heavy atom. The summed E-state index contributed by atoms with van der Waals surface area (Å²) in [7, 11) is 1.58. The number of rotatable bonds is 11. The molecule has 1 heterocycles. The van der Waals surface area contributed by atoms with Gasteiger partial charge < -0.3 is 19.9 Å². The van der Waals surface area contributed by atoms with Crippen molar-refractivity contribution < 1.29 is 18.7 Å². The van der Waals surface area contributed by atoms with Crippen LogP contribution in [0.5, 0.6) is 0 Å². The standard InChI is InChI=1S/C26H29ClFN3O3S/c1-19-11-14-35-24(19)17-31(16-20-7-4-3-5-8-20)25(32)18-30(12-6-13-34-2)26(33)29-21-9-10-23(28)22(27)15-21/h3-5,7-11,14-15H,6,12-13,16-18H2,1-2H3,(H,29,33). The van der Waals surface area contributed by atoms with Gasteiger partial charge in [0, 0.05) is 37.4 Å². The monoisotopic (exact) mass is 517 g/mol. The second-order valence-corrected chi connectivity index (χ2v) is 9.50. The third-order valence-electron chi connectivity index (χ3n) is 5.43. The minimum atomic E-state index is -0.572. The van der Waals surface area contributed by atoms with Crippen molar-refractivity contribution in [3.8, 4) is 0 Å². The molecule has 0 aliphatic carbocycles. The molecule has 3 amide bonds. The number of carbonyl (C=O) groups is 2. The summed E-state index contributed by atoms with van der Waals surface area (Å²) in [5.41, 5.74) is 2.48. The van der Waals surface area contributed by atoms with Crippen LogP contribution in [0.15, 0.2) is 60.0 Å². The van der Waals surface area contributed by atoms with Crippen molar-refractivity contribution in [2.24, 2.45) is 0 Å². The first kappa shape index (κ1) is 26.7. The molecule has 9 heteroatoms. The van der Waals surface area contributed by atoms with E-state index < -0.39 is 11.8 Å². The van der Waals surface area contributed by atoms with E-state index in [9.17, 15) is 14.0 Å². The fourth-order valence-electron chi connectivity index (χ4n) is 3.47. The summed E-state index contributed by atoms with van der Waals surface area (Å²) in [5, 5.41) is 4.63. The summed E-state index contributed by atoms with van der Waals surface area (Å²) in [5.74, 6) is -0.747. The molecule has 186 valence electrons. The molecule has 3 aromatic rings.